The Morgan fingerprint density at radius 1 is 1.12 bits per heavy atom. The number of sulfonamides is 2. The van der Waals surface area contributed by atoms with Crippen LogP contribution in [0.2, 0.25) is 0 Å². The lowest BCUT2D eigenvalue weighted by atomic mass is 10.2. The van der Waals surface area contributed by atoms with Gasteiger partial charge in [0.05, 0.1) is 16.3 Å². The van der Waals surface area contributed by atoms with Crippen LogP contribution in [-0.2, 0) is 20.0 Å². The summed E-state index contributed by atoms with van der Waals surface area (Å²) in [5.41, 5.74) is 1.09. The van der Waals surface area contributed by atoms with E-state index in [-0.39, 0.29) is 10.6 Å². The van der Waals surface area contributed by atoms with Crippen molar-refractivity contribution in [3.8, 4) is 0 Å². The highest BCUT2D eigenvalue weighted by Crippen LogP contribution is 2.26. The molecule has 0 saturated carbocycles. The lowest BCUT2D eigenvalue weighted by Crippen LogP contribution is -2.25. The van der Waals surface area contributed by atoms with Crippen molar-refractivity contribution in [3.63, 3.8) is 0 Å². The van der Waals surface area contributed by atoms with Gasteiger partial charge in [0.25, 0.3) is 10.0 Å². The van der Waals surface area contributed by atoms with Crippen LogP contribution in [0.4, 0.5) is 15.8 Å². The Morgan fingerprint density at radius 2 is 1.80 bits per heavy atom. The second kappa shape index (κ2) is 6.30. The number of nitrogens with one attached hydrogen (secondary N) is 1. The summed E-state index contributed by atoms with van der Waals surface area (Å²) in [5, 5.41) is 0. The first-order valence-electron chi connectivity index (χ1n) is 7.58. The Labute approximate surface area is 146 Å². The first kappa shape index (κ1) is 17.7. The molecule has 3 rings (SSSR count). The maximum atomic E-state index is 13.1. The Balaban J connectivity index is 1.84. The third kappa shape index (κ3) is 3.62. The first-order chi connectivity index (χ1) is 11.7. The van der Waals surface area contributed by atoms with E-state index in [1.807, 2.05) is 0 Å². The largest absolute Gasteiger partial charge is 0.280 e. The van der Waals surface area contributed by atoms with Crippen LogP contribution in [0.25, 0.3) is 0 Å². The first-order valence-corrected chi connectivity index (χ1v) is 10.7. The smallest absolute Gasteiger partial charge is 0.262 e. The zero-order valence-electron chi connectivity index (χ0n) is 13.4. The summed E-state index contributed by atoms with van der Waals surface area (Å²) in [6, 6.07) is 9.55. The average Bonchev–Trinajstić information content (AvgIpc) is 2.86. The third-order valence-electron chi connectivity index (χ3n) is 3.93. The molecule has 0 radical (unpaired) electrons. The van der Waals surface area contributed by atoms with Crippen LogP contribution in [-0.4, -0.2) is 29.1 Å². The van der Waals surface area contributed by atoms with Crippen LogP contribution in [0.1, 0.15) is 12.0 Å². The highest BCUT2D eigenvalue weighted by atomic mass is 32.2. The number of anilines is 2. The molecular formula is C16H17FN2O4S2. The molecule has 0 amide bonds. The van der Waals surface area contributed by atoms with Gasteiger partial charge in [-0.15, -0.1) is 0 Å². The van der Waals surface area contributed by atoms with Gasteiger partial charge in [-0.25, -0.2) is 21.2 Å². The Hall–Kier alpha value is -2.13. The fraction of sp³-hybridized carbons (Fsp3) is 0.250. The fourth-order valence-corrected chi connectivity index (χ4v) is 5.60. The van der Waals surface area contributed by atoms with Gasteiger partial charge in [-0.05, 0) is 61.4 Å². The van der Waals surface area contributed by atoms with Crippen LogP contribution in [0, 0.1) is 12.7 Å². The van der Waals surface area contributed by atoms with Crippen LogP contribution in [0.15, 0.2) is 47.4 Å². The van der Waals surface area contributed by atoms with Crippen LogP contribution in [0.3, 0.4) is 0 Å². The minimum Gasteiger partial charge on any atom is -0.280 e. The zero-order valence-corrected chi connectivity index (χ0v) is 15.1. The number of hydrogen-bond donors (Lipinski definition) is 1. The quantitative estimate of drug-likeness (QED) is 0.878. The SMILES string of the molecule is Cc1cc(F)ccc1S(=O)(=O)Nc1ccc(N2CCCS2(=O)=O)cc1. The van der Waals surface area contributed by atoms with Crippen LogP contribution in [0.5, 0.6) is 0 Å². The van der Waals surface area contributed by atoms with Gasteiger partial charge < -0.3 is 0 Å². The van der Waals surface area contributed by atoms with Crippen molar-refractivity contribution >= 4 is 31.4 Å². The molecule has 1 heterocycles. The van der Waals surface area contributed by atoms with Crippen molar-refractivity contribution < 1.29 is 21.2 Å². The van der Waals surface area contributed by atoms with Gasteiger partial charge >= 0.3 is 0 Å². The molecule has 0 aliphatic carbocycles. The monoisotopic (exact) mass is 384 g/mol. The van der Waals surface area contributed by atoms with E-state index in [0.717, 1.165) is 12.1 Å². The number of rotatable bonds is 4. The standard InChI is InChI=1S/C16H17FN2O4S2/c1-12-11-13(17)3-8-16(12)25(22,23)18-14-4-6-15(7-5-14)19-9-2-10-24(19,20)21/h3-8,11,18H,2,9-10H2,1H3. The minimum atomic E-state index is -3.86. The highest BCUT2D eigenvalue weighted by Gasteiger charge is 2.28. The lowest BCUT2D eigenvalue weighted by molar-refractivity contribution is 0.597. The topological polar surface area (TPSA) is 83.6 Å². The van der Waals surface area contributed by atoms with E-state index in [1.54, 1.807) is 12.1 Å². The minimum absolute atomic E-state index is 0.0138. The van der Waals surface area contributed by atoms with E-state index in [1.165, 1.54) is 29.4 Å². The number of halogens is 1. The van der Waals surface area contributed by atoms with Crippen molar-refractivity contribution in [3.05, 3.63) is 53.8 Å². The van der Waals surface area contributed by atoms with Crippen molar-refractivity contribution in [1.29, 1.82) is 0 Å². The summed E-state index contributed by atoms with van der Waals surface area (Å²) >= 11 is 0. The van der Waals surface area contributed by atoms with Gasteiger partial charge in [-0.3, -0.25) is 9.03 Å². The molecule has 2 aromatic rings. The molecule has 0 aromatic heterocycles. The molecule has 1 saturated heterocycles. The maximum absolute atomic E-state index is 13.1. The van der Waals surface area contributed by atoms with E-state index in [4.69, 9.17) is 0 Å². The normalized spacial score (nSPS) is 16.8. The lowest BCUT2D eigenvalue weighted by Gasteiger charge is -2.17. The van der Waals surface area contributed by atoms with Crippen molar-refractivity contribution in [2.24, 2.45) is 0 Å². The summed E-state index contributed by atoms with van der Waals surface area (Å²) < 4.78 is 65.6. The summed E-state index contributed by atoms with van der Waals surface area (Å²) in [6.07, 6.45) is 0.570. The summed E-state index contributed by atoms with van der Waals surface area (Å²) in [6.45, 7) is 1.93. The Morgan fingerprint density at radius 3 is 2.36 bits per heavy atom. The number of aryl methyl sites for hydroxylation is 1. The predicted octanol–water partition coefficient (Wildman–Crippen LogP) is 2.47. The second-order valence-electron chi connectivity index (χ2n) is 5.80. The molecule has 0 bridgehead atoms. The van der Waals surface area contributed by atoms with Crippen molar-refractivity contribution in [2.75, 3.05) is 21.3 Å². The van der Waals surface area contributed by atoms with Gasteiger partial charge in [-0.1, -0.05) is 0 Å². The molecule has 0 spiro atoms. The molecule has 1 N–H and O–H groups in total. The van der Waals surface area contributed by atoms with E-state index < -0.39 is 25.9 Å². The van der Waals surface area contributed by atoms with Gasteiger partial charge in [0.2, 0.25) is 10.0 Å². The van der Waals surface area contributed by atoms with Gasteiger partial charge in [0.15, 0.2) is 0 Å². The third-order valence-corrected chi connectivity index (χ3v) is 7.34. The number of hydrogen-bond acceptors (Lipinski definition) is 4. The van der Waals surface area contributed by atoms with E-state index in [0.29, 0.717) is 29.9 Å². The number of nitrogens with zero attached hydrogens (tertiary/aromatic N) is 1. The van der Waals surface area contributed by atoms with Gasteiger partial charge in [-0.2, -0.15) is 0 Å². The van der Waals surface area contributed by atoms with E-state index in [9.17, 15) is 21.2 Å². The van der Waals surface area contributed by atoms with E-state index >= 15 is 0 Å². The molecule has 1 fully saturated rings. The molecule has 0 atom stereocenters. The molecule has 9 heteroatoms. The van der Waals surface area contributed by atoms with Gasteiger partial charge in [0, 0.05) is 12.2 Å². The Bertz CT molecular complexity index is 1000. The summed E-state index contributed by atoms with van der Waals surface area (Å²) in [7, 11) is -7.15. The van der Waals surface area contributed by atoms with Crippen molar-refractivity contribution in [1.82, 2.24) is 0 Å². The molecule has 0 unspecified atom stereocenters. The molecule has 134 valence electrons. The molecule has 1 aliphatic rings. The molecule has 1 aliphatic heterocycles. The zero-order chi connectivity index (χ0) is 18.2. The Kier molecular flexibility index (Phi) is 4.46. The molecular weight excluding hydrogens is 367 g/mol. The van der Waals surface area contributed by atoms with E-state index in [2.05, 4.69) is 4.72 Å². The van der Waals surface area contributed by atoms with Crippen LogP contribution < -0.4 is 9.03 Å². The summed E-state index contributed by atoms with van der Waals surface area (Å²) in [5.74, 6) is -0.391. The maximum Gasteiger partial charge on any atom is 0.262 e. The fourth-order valence-electron chi connectivity index (χ4n) is 2.75. The number of benzene rings is 2. The average molecular weight is 384 g/mol. The molecule has 6 nitrogen and oxygen atoms in total. The molecule has 25 heavy (non-hydrogen) atoms. The highest BCUT2D eigenvalue weighted by molar-refractivity contribution is 7.93. The summed E-state index contributed by atoms with van der Waals surface area (Å²) in [4.78, 5) is -0.0138. The second-order valence-corrected chi connectivity index (χ2v) is 9.47. The molecule has 2 aromatic carbocycles. The predicted molar refractivity (Wildman–Crippen MR) is 94.1 cm³/mol. The van der Waals surface area contributed by atoms with Gasteiger partial charge in [0.1, 0.15) is 5.82 Å². The van der Waals surface area contributed by atoms with Crippen LogP contribution >= 0.6 is 0 Å². The van der Waals surface area contributed by atoms with Crippen molar-refractivity contribution in [2.45, 2.75) is 18.2 Å².